The first-order valence-corrected chi connectivity index (χ1v) is 10.4. The van der Waals surface area contributed by atoms with Gasteiger partial charge in [-0.25, -0.2) is 0 Å². The molecule has 1 N–H and O–H groups in total. The van der Waals surface area contributed by atoms with Crippen molar-refractivity contribution in [2.45, 2.75) is 84.7 Å². The fraction of sp³-hybridized carbons (Fsp3) is 0.909. The van der Waals surface area contributed by atoms with Gasteiger partial charge in [0.25, 0.3) is 0 Å². The molecule has 0 aliphatic heterocycles. The molecule has 25 heavy (non-hydrogen) atoms. The summed E-state index contributed by atoms with van der Waals surface area (Å²) in [5, 5.41) is 11.2. The average molecular weight is 347 g/mol. The number of ketones is 2. The van der Waals surface area contributed by atoms with Crippen LogP contribution < -0.4 is 0 Å². The molecule has 0 aromatic rings. The fourth-order valence-electron chi connectivity index (χ4n) is 8.11. The Bertz CT molecular complexity index is 612. The number of Topliss-reactive ketones (excluding diaryl/α,β-unsaturated/α-hetero) is 2. The van der Waals surface area contributed by atoms with Crippen LogP contribution in [0, 0.1) is 40.4 Å². The van der Waals surface area contributed by atoms with Crippen LogP contribution >= 0.6 is 0 Å². The lowest BCUT2D eigenvalue weighted by Gasteiger charge is -2.62. The van der Waals surface area contributed by atoms with Gasteiger partial charge in [0.05, 0.1) is 0 Å². The van der Waals surface area contributed by atoms with E-state index in [0.29, 0.717) is 41.8 Å². The lowest BCUT2D eigenvalue weighted by atomic mass is 9.42. The Morgan fingerprint density at radius 2 is 1.76 bits per heavy atom. The van der Waals surface area contributed by atoms with Gasteiger partial charge in [0.2, 0.25) is 0 Å². The summed E-state index contributed by atoms with van der Waals surface area (Å²) < 4.78 is 0. The molecule has 3 heteroatoms. The highest BCUT2D eigenvalue weighted by Gasteiger charge is 2.66. The molecule has 0 aromatic carbocycles. The minimum absolute atomic E-state index is 0.0350. The third kappa shape index (κ3) is 2.14. The molecule has 140 valence electrons. The Hall–Kier alpha value is -0.700. The van der Waals surface area contributed by atoms with Crippen molar-refractivity contribution in [2.75, 3.05) is 0 Å². The number of fused-ring (bicyclic) bond motifs is 5. The maximum Gasteiger partial charge on any atom is 0.161 e. The van der Waals surface area contributed by atoms with Gasteiger partial charge in [-0.05, 0) is 80.5 Å². The molecule has 0 spiro atoms. The van der Waals surface area contributed by atoms with Gasteiger partial charge < -0.3 is 5.11 Å². The van der Waals surface area contributed by atoms with Gasteiger partial charge >= 0.3 is 0 Å². The van der Waals surface area contributed by atoms with Crippen molar-refractivity contribution in [3.63, 3.8) is 0 Å². The zero-order valence-corrected chi connectivity index (χ0v) is 16.3. The van der Waals surface area contributed by atoms with Gasteiger partial charge in [0.1, 0.15) is 11.4 Å². The Balaban J connectivity index is 1.69. The van der Waals surface area contributed by atoms with Crippen molar-refractivity contribution in [1.29, 1.82) is 0 Å². The maximum absolute atomic E-state index is 12.3. The van der Waals surface area contributed by atoms with Crippen molar-refractivity contribution >= 4 is 11.6 Å². The van der Waals surface area contributed by atoms with E-state index in [1.807, 2.05) is 0 Å². The van der Waals surface area contributed by atoms with E-state index >= 15 is 0 Å². The van der Waals surface area contributed by atoms with Crippen LogP contribution in [-0.4, -0.2) is 22.3 Å². The van der Waals surface area contributed by atoms with Crippen molar-refractivity contribution in [1.82, 2.24) is 0 Å². The first-order valence-electron chi connectivity index (χ1n) is 10.4. The molecule has 0 aromatic heterocycles. The Morgan fingerprint density at radius 3 is 2.44 bits per heavy atom. The summed E-state index contributed by atoms with van der Waals surface area (Å²) in [7, 11) is 0. The van der Waals surface area contributed by atoms with E-state index < -0.39 is 5.60 Å². The van der Waals surface area contributed by atoms with Crippen molar-refractivity contribution < 1.29 is 14.7 Å². The number of carbonyl (C=O) groups is 2. The summed E-state index contributed by atoms with van der Waals surface area (Å²) in [5.74, 6) is 3.26. The van der Waals surface area contributed by atoms with Crippen LogP contribution in [0.25, 0.3) is 0 Å². The molecule has 0 bridgehead atoms. The highest BCUT2D eigenvalue weighted by molar-refractivity contribution is 5.86. The topological polar surface area (TPSA) is 54.4 Å². The van der Waals surface area contributed by atoms with Gasteiger partial charge in [-0.15, -0.1) is 0 Å². The van der Waals surface area contributed by atoms with E-state index in [-0.39, 0.29) is 16.6 Å². The second kappa shape index (κ2) is 5.41. The third-order valence-electron chi connectivity index (χ3n) is 9.59. The Kier molecular flexibility index (Phi) is 3.83. The van der Waals surface area contributed by atoms with E-state index in [0.717, 1.165) is 38.5 Å². The lowest BCUT2D eigenvalue weighted by Crippen LogP contribution is -2.59. The van der Waals surface area contributed by atoms with Crippen molar-refractivity contribution in [3.8, 4) is 0 Å². The smallest absolute Gasteiger partial charge is 0.161 e. The quantitative estimate of drug-likeness (QED) is 0.775. The zero-order chi connectivity index (χ0) is 18.2. The second-order valence-electron chi connectivity index (χ2n) is 10.4. The summed E-state index contributed by atoms with van der Waals surface area (Å²) in [6.45, 7) is 8.56. The summed E-state index contributed by atoms with van der Waals surface area (Å²) in [4.78, 5) is 24.4. The van der Waals surface area contributed by atoms with E-state index in [9.17, 15) is 14.7 Å². The van der Waals surface area contributed by atoms with Crippen LogP contribution in [0.4, 0.5) is 0 Å². The highest BCUT2D eigenvalue weighted by atomic mass is 16.3. The van der Waals surface area contributed by atoms with Gasteiger partial charge in [-0.1, -0.05) is 20.8 Å². The number of aliphatic hydroxyl groups is 1. The van der Waals surface area contributed by atoms with Crippen LogP contribution in [0.15, 0.2) is 0 Å². The largest absolute Gasteiger partial charge is 0.382 e. The summed E-state index contributed by atoms with van der Waals surface area (Å²) in [5.41, 5.74) is -1.10. The first kappa shape index (κ1) is 17.7. The fourth-order valence-corrected chi connectivity index (χ4v) is 8.11. The van der Waals surface area contributed by atoms with E-state index in [2.05, 4.69) is 20.8 Å². The molecule has 4 aliphatic carbocycles. The molecule has 0 heterocycles. The molecule has 4 saturated carbocycles. The molecule has 4 rings (SSSR count). The maximum atomic E-state index is 12.3. The number of rotatable bonds is 1. The molecule has 0 amide bonds. The second-order valence-corrected chi connectivity index (χ2v) is 10.4. The third-order valence-corrected chi connectivity index (χ3v) is 9.59. The molecule has 3 unspecified atom stereocenters. The number of carbonyl (C=O) groups excluding carboxylic acids is 2. The van der Waals surface area contributed by atoms with Crippen LogP contribution in [0.3, 0.4) is 0 Å². The summed E-state index contributed by atoms with van der Waals surface area (Å²) in [6, 6.07) is 0. The number of hydrogen-bond donors (Lipinski definition) is 1. The molecular weight excluding hydrogens is 312 g/mol. The zero-order valence-electron chi connectivity index (χ0n) is 16.3. The predicted molar refractivity (Wildman–Crippen MR) is 96.9 cm³/mol. The minimum atomic E-state index is -1.12. The van der Waals surface area contributed by atoms with E-state index in [1.165, 1.54) is 6.42 Å². The number of hydrogen-bond acceptors (Lipinski definition) is 3. The highest BCUT2D eigenvalue weighted by Crippen LogP contribution is 2.68. The van der Waals surface area contributed by atoms with E-state index in [4.69, 9.17) is 0 Å². The monoisotopic (exact) mass is 346 g/mol. The predicted octanol–water partition coefficient (Wildman–Crippen LogP) is 4.16. The average Bonchev–Trinajstić information content (AvgIpc) is 2.83. The SMILES string of the molecule is CC(=O)[C@@]1(O)CCC2C3C[C@H](C)[C@H]4CC(=O)CC[C@]4(C)C3CC[C@@]21C. The summed E-state index contributed by atoms with van der Waals surface area (Å²) >= 11 is 0. The van der Waals surface area contributed by atoms with E-state index in [1.54, 1.807) is 6.92 Å². The molecule has 3 nitrogen and oxygen atoms in total. The van der Waals surface area contributed by atoms with Gasteiger partial charge in [-0.2, -0.15) is 0 Å². The Morgan fingerprint density at radius 1 is 1.08 bits per heavy atom. The normalized spacial score (nSPS) is 55.2. The van der Waals surface area contributed by atoms with Crippen molar-refractivity contribution in [3.05, 3.63) is 0 Å². The van der Waals surface area contributed by atoms with Crippen LogP contribution in [-0.2, 0) is 9.59 Å². The van der Waals surface area contributed by atoms with Crippen LogP contribution in [0.5, 0.6) is 0 Å². The first-order chi connectivity index (χ1) is 11.6. The Labute approximate surface area is 151 Å². The lowest BCUT2D eigenvalue weighted by molar-refractivity contribution is -0.174. The van der Waals surface area contributed by atoms with Gasteiger partial charge in [0, 0.05) is 18.3 Å². The van der Waals surface area contributed by atoms with Gasteiger partial charge in [-0.3, -0.25) is 9.59 Å². The molecule has 0 radical (unpaired) electrons. The molecule has 4 fully saturated rings. The molecular formula is C22H34O3. The molecule has 0 saturated heterocycles. The van der Waals surface area contributed by atoms with Crippen LogP contribution in [0.2, 0.25) is 0 Å². The van der Waals surface area contributed by atoms with Crippen molar-refractivity contribution in [2.24, 2.45) is 40.4 Å². The summed E-state index contributed by atoms with van der Waals surface area (Å²) in [6.07, 6.45) is 7.44. The molecule has 8 atom stereocenters. The van der Waals surface area contributed by atoms with Crippen LogP contribution in [0.1, 0.15) is 79.1 Å². The standard InChI is InChI=1S/C22H34O3/c1-13-11-16-17(20(3)8-5-15(24)12-19(13)20)6-9-21(4)18(16)7-10-22(21,25)14(2)23/h13,16-19,25H,5-12H2,1-4H3/t13-,16?,17?,18?,19+,20+,21-,22-/m0/s1. The van der Waals surface area contributed by atoms with Gasteiger partial charge in [0.15, 0.2) is 5.78 Å². The molecule has 4 aliphatic rings. The minimum Gasteiger partial charge on any atom is -0.382 e.